The van der Waals surface area contributed by atoms with Gasteiger partial charge in [0.2, 0.25) is 0 Å². The van der Waals surface area contributed by atoms with Gasteiger partial charge in [0.15, 0.2) is 0 Å². The molecule has 0 radical (unpaired) electrons. The lowest BCUT2D eigenvalue weighted by Gasteiger charge is -2.37. The van der Waals surface area contributed by atoms with Gasteiger partial charge in [0.25, 0.3) is 0 Å². The number of carbonyl (C=O) groups is 1. The zero-order chi connectivity index (χ0) is 13.8. The summed E-state index contributed by atoms with van der Waals surface area (Å²) in [5, 5.41) is 0. The fraction of sp³-hybridized carbons (Fsp3) is 0.600. The zero-order valence-corrected chi connectivity index (χ0v) is 11.9. The number of nitrogens with zero attached hydrogens (tertiary/aromatic N) is 2. The molecule has 0 aromatic carbocycles. The maximum atomic E-state index is 11.3. The average Bonchev–Trinajstić information content (AvgIpc) is 2.44. The maximum absolute atomic E-state index is 11.3. The number of ether oxygens (including phenoxy) is 1. The highest BCUT2D eigenvalue weighted by molar-refractivity contribution is 5.88. The van der Waals surface area contributed by atoms with Crippen molar-refractivity contribution >= 4 is 5.97 Å². The molecular weight excluding hydrogens is 240 g/mol. The van der Waals surface area contributed by atoms with Crippen LogP contribution in [0, 0.1) is 5.92 Å². The highest BCUT2D eigenvalue weighted by Crippen LogP contribution is 2.24. The molecule has 0 saturated carbocycles. The molecule has 1 fully saturated rings. The molecule has 0 N–H and O–H groups in total. The van der Waals surface area contributed by atoms with Gasteiger partial charge in [-0.25, -0.2) is 4.79 Å². The Bertz CT molecular complexity index is 430. The second-order valence-corrected chi connectivity index (χ2v) is 5.36. The lowest BCUT2D eigenvalue weighted by atomic mass is 9.92. The molecule has 4 nitrogen and oxygen atoms in total. The Morgan fingerprint density at radius 1 is 1.47 bits per heavy atom. The second-order valence-electron chi connectivity index (χ2n) is 5.36. The maximum Gasteiger partial charge on any atom is 0.339 e. The molecule has 1 aromatic rings. The molecule has 1 aliphatic heterocycles. The summed E-state index contributed by atoms with van der Waals surface area (Å²) in [7, 11) is 1.38. The van der Waals surface area contributed by atoms with E-state index in [0.717, 1.165) is 24.7 Å². The topological polar surface area (TPSA) is 42.4 Å². The molecule has 0 aliphatic carbocycles. The smallest absolute Gasteiger partial charge is 0.339 e. The first kappa shape index (κ1) is 14.0. The minimum Gasteiger partial charge on any atom is -0.465 e. The fourth-order valence-corrected chi connectivity index (χ4v) is 2.61. The minimum absolute atomic E-state index is 0.334. The third kappa shape index (κ3) is 3.32. The monoisotopic (exact) mass is 262 g/mol. The lowest BCUT2D eigenvalue weighted by Crippen LogP contribution is -2.41. The van der Waals surface area contributed by atoms with Crippen LogP contribution in [-0.4, -0.2) is 35.5 Å². The van der Waals surface area contributed by atoms with Gasteiger partial charge in [-0.2, -0.15) is 0 Å². The molecule has 2 unspecified atom stereocenters. The van der Waals surface area contributed by atoms with E-state index in [-0.39, 0.29) is 5.97 Å². The molecule has 1 aromatic heterocycles. The van der Waals surface area contributed by atoms with Gasteiger partial charge in [0, 0.05) is 18.8 Å². The van der Waals surface area contributed by atoms with E-state index in [4.69, 9.17) is 0 Å². The highest BCUT2D eigenvalue weighted by Gasteiger charge is 2.24. The van der Waals surface area contributed by atoms with Gasteiger partial charge in [-0.05, 0) is 44.4 Å². The lowest BCUT2D eigenvalue weighted by molar-refractivity contribution is 0.0600. The van der Waals surface area contributed by atoms with Gasteiger partial charge in [-0.15, -0.1) is 0 Å². The van der Waals surface area contributed by atoms with E-state index < -0.39 is 0 Å². The van der Waals surface area contributed by atoms with Crippen molar-refractivity contribution < 1.29 is 9.53 Å². The zero-order valence-electron chi connectivity index (χ0n) is 11.9. The van der Waals surface area contributed by atoms with Gasteiger partial charge in [0.05, 0.1) is 18.4 Å². The standard InChI is InChI=1S/C15H22N2O2/c1-11-5-4-8-17(12(11)2)10-14-7-6-13(9-16-14)15(18)19-3/h6-7,9,11-12H,4-5,8,10H2,1-3H3. The van der Waals surface area contributed by atoms with Crippen LogP contribution in [0.3, 0.4) is 0 Å². The number of rotatable bonds is 3. The Morgan fingerprint density at radius 2 is 2.26 bits per heavy atom. The number of piperidine rings is 1. The van der Waals surface area contributed by atoms with E-state index in [2.05, 4.69) is 28.5 Å². The van der Waals surface area contributed by atoms with E-state index in [9.17, 15) is 4.79 Å². The number of aromatic nitrogens is 1. The molecule has 0 spiro atoms. The molecule has 2 rings (SSSR count). The van der Waals surface area contributed by atoms with E-state index in [1.807, 2.05) is 6.07 Å². The SMILES string of the molecule is COC(=O)c1ccc(CN2CCCC(C)C2C)nc1. The third-order valence-corrected chi connectivity index (χ3v) is 4.12. The number of esters is 1. The van der Waals surface area contributed by atoms with Gasteiger partial charge < -0.3 is 4.74 Å². The first-order valence-corrected chi connectivity index (χ1v) is 6.89. The summed E-state index contributed by atoms with van der Waals surface area (Å²) in [6.07, 6.45) is 4.16. The number of hydrogen-bond donors (Lipinski definition) is 0. The first-order valence-electron chi connectivity index (χ1n) is 6.89. The van der Waals surface area contributed by atoms with Gasteiger partial charge in [-0.1, -0.05) is 6.92 Å². The average molecular weight is 262 g/mol. The molecular formula is C15H22N2O2. The number of carbonyl (C=O) groups excluding carboxylic acids is 1. The fourth-order valence-electron chi connectivity index (χ4n) is 2.61. The van der Waals surface area contributed by atoms with Gasteiger partial charge in [-0.3, -0.25) is 9.88 Å². The summed E-state index contributed by atoms with van der Waals surface area (Å²) < 4.78 is 4.67. The van der Waals surface area contributed by atoms with E-state index in [1.165, 1.54) is 20.0 Å². The number of likely N-dealkylation sites (tertiary alicyclic amines) is 1. The molecule has 104 valence electrons. The molecule has 1 saturated heterocycles. The van der Waals surface area contributed by atoms with Crippen LogP contribution in [0.1, 0.15) is 42.7 Å². The van der Waals surface area contributed by atoms with Crippen LogP contribution in [-0.2, 0) is 11.3 Å². The molecule has 0 amide bonds. The van der Waals surface area contributed by atoms with E-state index >= 15 is 0 Å². The van der Waals surface area contributed by atoms with Crippen molar-refractivity contribution in [2.75, 3.05) is 13.7 Å². The van der Waals surface area contributed by atoms with Crippen molar-refractivity contribution in [2.45, 2.75) is 39.3 Å². The van der Waals surface area contributed by atoms with Crippen LogP contribution < -0.4 is 0 Å². The Hall–Kier alpha value is -1.42. The van der Waals surface area contributed by atoms with Crippen LogP contribution in [0.2, 0.25) is 0 Å². The highest BCUT2D eigenvalue weighted by atomic mass is 16.5. The van der Waals surface area contributed by atoms with Crippen LogP contribution in [0.15, 0.2) is 18.3 Å². The quantitative estimate of drug-likeness (QED) is 0.785. The third-order valence-electron chi connectivity index (χ3n) is 4.12. The van der Waals surface area contributed by atoms with Crippen LogP contribution in [0.4, 0.5) is 0 Å². The Morgan fingerprint density at radius 3 is 2.89 bits per heavy atom. The van der Waals surface area contributed by atoms with Gasteiger partial charge in [0.1, 0.15) is 0 Å². The number of pyridine rings is 1. The Kier molecular flexibility index (Phi) is 4.53. The Balaban J connectivity index is 2.01. The summed E-state index contributed by atoms with van der Waals surface area (Å²) in [5.41, 5.74) is 1.51. The molecule has 19 heavy (non-hydrogen) atoms. The normalized spacial score (nSPS) is 24.2. The Labute approximate surface area is 114 Å². The largest absolute Gasteiger partial charge is 0.465 e. The van der Waals surface area contributed by atoms with Crippen molar-refractivity contribution in [3.63, 3.8) is 0 Å². The van der Waals surface area contributed by atoms with Crippen molar-refractivity contribution in [1.82, 2.24) is 9.88 Å². The van der Waals surface area contributed by atoms with Crippen molar-refractivity contribution in [3.8, 4) is 0 Å². The summed E-state index contributed by atoms with van der Waals surface area (Å²) in [5.74, 6) is 0.405. The summed E-state index contributed by atoms with van der Waals surface area (Å²) in [6.45, 7) is 6.58. The molecule has 4 heteroatoms. The predicted octanol–water partition coefficient (Wildman–Crippen LogP) is 2.49. The molecule has 1 aliphatic rings. The summed E-state index contributed by atoms with van der Waals surface area (Å²) in [6, 6.07) is 4.29. The minimum atomic E-state index is -0.334. The van der Waals surface area contributed by atoms with Crippen molar-refractivity contribution in [1.29, 1.82) is 0 Å². The van der Waals surface area contributed by atoms with Gasteiger partial charge >= 0.3 is 5.97 Å². The predicted molar refractivity (Wildman–Crippen MR) is 73.8 cm³/mol. The molecule has 0 bridgehead atoms. The van der Waals surface area contributed by atoms with E-state index in [0.29, 0.717) is 11.6 Å². The van der Waals surface area contributed by atoms with Crippen molar-refractivity contribution in [3.05, 3.63) is 29.6 Å². The van der Waals surface area contributed by atoms with Crippen LogP contribution in [0.25, 0.3) is 0 Å². The molecule has 2 atom stereocenters. The van der Waals surface area contributed by atoms with Crippen LogP contribution >= 0.6 is 0 Å². The summed E-state index contributed by atoms with van der Waals surface area (Å²) >= 11 is 0. The van der Waals surface area contributed by atoms with E-state index in [1.54, 1.807) is 12.3 Å². The summed E-state index contributed by atoms with van der Waals surface area (Å²) in [4.78, 5) is 18.2. The number of hydrogen-bond acceptors (Lipinski definition) is 4. The van der Waals surface area contributed by atoms with Crippen molar-refractivity contribution in [2.24, 2.45) is 5.92 Å². The first-order chi connectivity index (χ1) is 9.11. The number of methoxy groups -OCH3 is 1. The molecule has 2 heterocycles. The second kappa shape index (κ2) is 6.15. The van der Waals surface area contributed by atoms with Crippen LogP contribution in [0.5, 0.6) is 0 Å².